The molecule has 1 N–H and O–H groups in total. The number of nitrogens with one attached hydrogen (secondary N) is 1. The minimum Gasteiger partial charge on any atom is -0.331 e. The highest BCUT2D eigenvalue weighted by atomic mass is 32.1. The summed E-state index contributed by atoms with van der Waals surface area (Å²) in [4.78, 5) is 3.11. The topological polar surface area (TPSA) is 20.7 Å². The Morgan fingerprint density at radius 1 is 1.39 bits per heavy atom. The third-order valence-electron chi connectivity index (χ3n) is 3.09. The molecule has 0 fully saturated rings. The molecular formula is C13H11FN2S2. The fraction of sp³-hybridized carbons (Fsp3) is 0.154. The molecule has 2 aromatic heterocycles. The van der Waals surface area contributed by atoms with Crippen LogP contribution >= 0.6 is 23.6 Å². The van der Waals surface area contributed by atoms with Gasteiger partial charge >= 0.3 is 0 Å². The summed E-state index contributed by atoms with van der Waals surface area (Å²) in [7, 11) is 0. The van der Waals surface area contributed by atoms with Gasteiger partial charge in [-0.2, -0.15) is 11.3 Å². The number of thiophene rings is 1. The van der Waals surface area contributed by atoms with E-state index < -0.39 is 0 Å². The van der Waals surface area contributed by atoms with Crippen LogP contribution in [0, 0.1) is 10.6 Å². The Kier molecular flexibility index (Phi) is 2.80. The van der Waals surface area contributed by atoms with Gasteiger partial charge in [-0.25, -0.2) is 4.39 Å². The number of fused-ring (bicyclic) bond motifs is 1. The van der Waals surface area contributed by atoms with Crippen LogP contribution in [0.15, 0.2) is 35.0 Å². The van der Waals surface area contributed by atoms with E-state index in [4.69, 9.17) is 12.2 Å². The Bertz CT molecular complexity index is 740. The predicted molar refractivity (Wildman–Crippen MR) is 75.2 cm³/mol. The molecule has 0 aliphatic heterocycles. The van der Waals surface area contributed by atoms with E-state index in [1.807, 2.05) is 9.95 Å². The molecule has 0 bridgehead atoms. The molecule has 5 heteroatoms. The molecule has 0 aliphatic carbocycles. The highest BCUT2D eigenvalue weighted by molar-refractivity contribution is 7.71. The predicted octanol–water partition coefficient (Wildman–Crippen LogP) is 4.51. The molecule has 3 rings (SSSR count). The van der Waals surface area contributed by atoms with E-state index in [2.05, 4.69) is 23.4 Å². The number of hydrogen-bond donors (Lipinski definition) is 1. The molecular weight excluding hydrogens is 267 g/mol. The molecule has 2 nitrogen and oxygen atoms in total. The van der Waals surface area contributed by atoms with E-state index in [-0.39, 0.29) is 11.9 Å². The van der Waals surface area contributed by atoms with Crippen molar-refractivity contribution in [2.45, 2.75) is 13.0 Å². The van der Waals surface area contributed by atoms with Crippen molar-refractivity contribution in [3.05, 3.63) is 51.2 Å². The van der Waals surface area contributed by atoms with Gasteiger partial charge in [0, 0.05) is 0 Å². The standard InChI is InChI=1S/C13H11FN2S2/c1-8(9-4-5-18-7-9)16-12-6-10(14)2-3-11(12)15-13(16)17/h2-8H,1H3,(H,15,17). The van der Waals surface area contributed by atoms with Crippen molar-refractivity contribution in [2.75, 3.05) is 0 Å². The zero-order chi connectivity index (χ0) is 12.7. The van der Waals surface area contributed by atoms with Crippen LogP contribution in [0.25, 0.3) is 11.0 Å². The molecule has 1 aromatic carbocycles. The molecule has 0 saturated heterocycles. The maximum absolute atomic E-state index is 13.4. The molecule has 0 amide bonds. The SMILES string of the molecule is CC(c1ccsc1)n1c(=S)[nH]c2ccc(F)cc21. The number of H-pyrrole nitrogens is 1. The molecule has 1 unspecified atom stereocenters. The molecule has 2 heterocycles. The second-order valence-corrected chi connectivity index (χ2v) is 5.36. The second kappa shape index (κ2) is 4.33. The maximum Gasteiger partial charge on any atom is 0.178 e. The van der Waals surface area contributed by atoms with E-state index in [0.717, 1.165) is 11.0 Å². The van der Waals surface area contributed by atoms with Crippen LogP contribution in [-0.4, -0.2) is 9.55 Å². The van der Waals surface area contributed by atoms with Gasteiger partial charge in [0.25, 0.3) is 0 Å². The number of halogens is 1. The lowest BCUT2D eigenvalue weighted by Crippen LogP contribution is -2.05. The minimum absolute atomic E-state index is 0.0966. The first-order chi connectivity index (χ1) is 8.66. The van der Waals surface area contributed by atoms with Gasteiger partial charge < -0.3 is 9.55 Å². The van der Waals surface area contributed by atoms with Crippen molar-refractivity contribution in [1.82, 2.24) is 9.55 Å². The summed E-state index contributed by atoms with van der Waals surface area (Å²) in [5, 5.41) is 4.12. The van der Waals surface area contributed by atoms with E-state index >= 15 is 0 Å². The van der Waals surface area contributed by atoms with Crippen LogP contribution < -0.4 is 0 Å². The Morgan fingerprint density at radius 3 is 2.94 bits per heavy atom. The largest absolute Gasteiger partial charge is 0.331 e. The van der Waals surface area contributed by atoms with Crippen molar-refractivity contribution in [1.29, 1.82) is 0 Å². The molecule has 0 aliphatic rings. The van der Waals surface area contributed by atoms with Crippen molar-refractivity contribution < 1.29 is 4.39 Å². The number of hydrogen-bond acceptors (Lipinski definition) is 2. The quantitative estimate of drug-likeness (QED) is 0.684. The van der Waals surface area contributed by atoms with Gasteiger partial charge in [0.1, 0.15) is 5.82 Å². The Balaban J connectivity index is 2.25. The van der Waals surface area contributed by atoms with Crippen LogP contribution in [0.2, 0.25) is 0 Å². The summed E-state index contributed by atoms with van der Waals surface area (Å²) in [5.74, 6) is -0.247. The molecule has 0 radical (unpaired) electrons. The van der Waals surface area contributed by atoms with Crippen LogP contribution in [-0.2, 0) is 0 Å². The van der Waals surface area contributed by atoms with E-state index in [1.54, 1.807) is 17.4 Å². The summed E-state index contributed by atoms with van der Waals surface area (Å²) < 4.78 is 15.9. The summed E-state index contributed by atoms with van der Waals surface area (Å²) in [5.41, 5.74) is 2.85. The highest BCUT2D eigenvalue weighted by Gasteiger charge is 2.13. The smallest absolute Gasteiger partial charge is 0.178 e. The summed E-state index contributed by atoms with van der Waals surface area (Å²) in [6, 6.07) is 6.84. The molecule has 92 valence electrons. The van der Waals surface area contributed by atoms with Gasteiger partial charge in [0.15, 0.2) is 4.77 Å². The molecule has 18 heavy (non-hydrogen) atoms. The van der Waals surface area contributed by atoms with Gasteiger partial charge in [-0.3, -0.25) is 0 Å². The van der Waals surface area contributed by atoms with Crippen LogP contribution in [0.1, 0.15) is 18.5 Å². The third-order valence-corrected chi connectivity index (χ3v) is 4.09. The number of benzene rings is 1. The number of aromatic nitrogens is 2. The van der Waals surface area contributed by atoms with E-state index in [9.17, 15) is 4.39 Å². The van der Waals surface area contributed by atoms with Crippen LogP contribution in [0.3, 0.4) is 0 Å². The van der Waals surface area contributed by atoms with Crippen molar-refractivity contribution in [3.8, 4) is 0 Å². The average Bonchev–Trinajstić information content (AvgIpc) is 2.94. The number of rotatable bonds is 2. The summed E-state index contributed by atoms with van der Waals surface area (Å²) in [6.45, 7) is 2.07. The minimum atomic E-state index is -0.247. The summed E-state index contributed by atoms with van der Waals surface area (Å²) >= 11 is 6.98. The first-order valence-electron chi connectivity index (χ1n) is 5.58. The first kappa shape index (κ1) is 11.6. The molecule has 3 aromatic rings. The summed E-state index contributed by atoms with van der Waals surface area (Å²) in [6.07, 6.45) is 0. The number of imidazole rings is 1. The van der Waals surface area contributed by atoms with Crippen LogP contribution in [0.4, 0.5) is 4.39 Å². The zero-order valence-electron chi connectivity index (χ0n) is 9.68. The van der Waals surface area contributed by atoms with E-state index in [0.29, 0.717) is 4.77 Å². The second-order valence-electron chi connectivity index (χ2n) is 4.19. The number of nitrogens with zero attached hydrogens (tertiary/aromatic N) is 1. The first-order valence-corrected chi connectivity index (χ1v) is 6.94. The van der Waals surface area contributed by atoms with Gasteiger partial charge in [-0.05, 0) is 59.7 Å². The van der Waals surface area contributed by atoms with E-state index in [1.165, 1.54) is 17.7 Å². The van der Waals surface area contributed by atoms with Gasteiger partial charge in [-0.1, -0.05) is 0 Å². The highest BCUT2D eigenvalue weighted by Crippen LogP contribution is 2.26. The van der Waals surface area contributed by atoms with Gasteiger partial charge in [0.05, 0.1) is 17.1 Å². The van der Waals surface area contributed by atoms with Crippen molar-refractivity contribution >= 4 is 34.6 Å². The van der Waals surface area contributed by atoms with Crippen molar-refractivity contribution in [3.63, 3.8) is 0 Å². The zero-order valence-corrected chi connectivity index (χ0v) is 11.3. The van der Waals surface area contributed by atoms with Crippen molar-refractivity contribution in [2.24, 2.45) is 0 Å². The lowest BCUT2D eigenvalue weighted by molar-refractivity contribution is 0.622. The molecule has 1 atom stereocenters. The normalized spacial score (nSPS) is 13.0. The molecule has 0 saturated carbocycles. The fourth-order valence-corrected chi connectivity index (χ4v) is 3.25. The van der Waals surface area contributed by atoms with Gasteiger partial charge in [0.2, 0.25) is 0 Å². The lowest BCUT2D eigenvalue weighted by Gasteiger charge is -2.13. The Morgan fingerprint density at radius 2 is 2.22 bits per heavy atom. The Hall–Kier alpha value is -1.46. The Labute approximate surface area is 113 Å². The lowest BCUT2D eigenvalue weighted by atomic mass is 10.2. The third kappa shape index (κ3) is 1.79. The number of aromatic amines is 1. The fourth-order valence-electron chi connectivity index (χ4n) is 2.14. The van der Waals surface area contributed by atoms with Crippen LogP contribution in [0.5, 0.6) is 0 Å². The average molecular weight is 278 g/mol. The monoisotopic (exact) mass is 278 g/mol. The van der Waals surface area contributed by atoms with Gasteiger partial charge in [-0.15, -0.1) is 0 Å². The molecule has 0 spiro atoms. The maximum atomic E-state index is 13.4.